The minimum Gasteiger partial charge on any atom is -0.313 e. The van der Waals surface area contributed by atoms with Gasteiger partial charge in [0.05, 0.1) is 0 Å². The maximum Gasteiger partial charge on any atom is 0.132 e. The Hall–Kier alpha value is -0.960. The number of hydrogen-bond donors (Lipinski definition) is 1. The van der Waals surface area contributed by atoms with Crippen molar-refractivity contribution in [3.8, 4) is 0 Å². The third kappa shape index (κ3) is 2.83. The summed E-state index contributed by atoms with van der Waals surface area (Å²) in [6, 6.07) is 3.06. The van der Waals surface area contributed by atoms with Gasteiger partial charge in [0.15, 0.2) is 0 Å². The van der Waals surface area contributed by atoms with E-state index in [4.69, 9.17) is 0 Å². The van der Waals surface area contributed by atoms with Crippen LogP contribution in [-0.4, -0.2) is 12.6 Å². The molecule has 0 amide bonds. The highest BCUT2D eigenvalue weighted by molar-refractivity contribution is 5.27. The summed E-state index contributed by atoms with van der Waals surface area (Å²) in [6.07, 6.45) is 2.58. The lowest BCUT2D eigenvalue weighted by Crippen LogP contribution is -2.39. The molecule has 0 saturated carbocycles. The summed E-state index contributed by atoms with van der Waals surface area (Å²) in [5.74, 6) is -0.141. The van der Waals surface area contributed by atoms with Gasteiger partial charge in [0.25, 0.3) is 0 Å². The minimum atomic E-state index is -0.423. The third-order valence-corrected chi connectivity index (χ3v) is 3.59. The highest BCUT2D eigenvalue weighted by Crippen LogP contribution is 2.22. The first-order chi connectivity index (χ1) is 8.08. The van der Waals surface area contributed by atoms with Crippen LogP contribution in [0.2, 0.25) is 0 Å². The van der Waals surface area contributed by atoms with Gasteiger partial charge in [0.1, 0.15) is 11.6 Å². The topological polar surface area (TPSA) is 12.0 Å². The standard InChI is InChI=1S/C14H19F2N/c1-9-3-5-11(17-8-9)7-12-13(15)6-4-10(2)14(12)16/h4,6,9,11,17H,3,5,7-8H2,1-2H3. The number of nitrogens with one attached hydrogen (secondary N) is 1. The van der Waals surface area contributed by atoms with E-state index in [0.717, 1.165) is 19.4 Å². The SMILES string of the molecule is Cc1ccc(F)c(CC2CCC(C)CN2)c1F. The van der Waals surface area contributed by atoms with Gasteiger partial charge in [-0.3, -0.25) is 0 Å². The quantitative estimate of drug-likeness (QED) is 0.835. The lowest BCUT2D eigenvalue weighted by atomic mass is 9.92. The van der Waals surface area contributed by atoms with Gasteiger partial charge in [-0.15, -0.1) is 0 Å². The first kappa shape index (κ1) is 12.5. The number of hydrogen-bond acceptors (Lipinski definition) is 1. The van der Waals surface area contributed by atoms with E-state index in [9.17, 15) is 8.78 Å². The molecule has 1 fully saturated rings. The maximum absolute atomic E-state index is 13.8. The second-order valence-electron chi connectivity index (χ2n) is 5.15. The molecule has 0 aliphatic carbocycles. The molecule has 0 spiro atoms. The largest absolute Gasteiger partial charge is 0.313 e. The molecule has 1 aliphatic rings. The molecule has 1 saturated heterocycles. The van der Waals surface area contributed by atoms with Gasteiger partial charge in [0, 0.05) is 11.6 Å². The summed E-state index contributed by atoms with van der Waals surface area (Å²) in [5.41, 5.74) is 0.752. The highest BCUT2D eigenvalue weighted by atomic mass is 19.1. The Kier molecular flexibility index (Phi) is 3.77. The summed E-state index contributed by atoms with van der Waals surface area (Å²) in [4.78, 5) is 0. The first-order valence-corrected chi connectivity index (χ1v) is 6.24. The number of aryl methyl sites for hydroxylation is 1. The Bertz CT molecular complexity index is 395. The minimum absolute atomic E-state index is 0.206. The van der Waals surface area contributed by atoms with Gasteiger partial charge in [-0.25, -0.2) is 8.78 Å². The van der Waals surface area contributed by atoms with Crippen LogP contribution in [0.25, 0.3) is 0 Å². The molecule has 3 heteroatoms. The molecular formula is C14H19F2N. The van der Waals surface area contributed by atoms with Crippen molar-refractivity contribution in [1.82, 2.24) is 5.32 Å². The fraction of sp³-hybridized carbons (Fsp3) is 0.571. The van der Waals surface area contributed by atoms with Crippen LogP contribution in [0.4, 0.5) is 8.78 Å². The molecule has 1 aromatic rings. The van der Waals surface area contributed by atoms with Crippen LogP contribution in [0.5, 0.6) is 0 Å². The molecule has 0 radical (unpaired) electrons. The van der Waals surface area contributed by atoms with E-state index in [1.54, 1.807) is 6.92 Å². The van der Waals surface area contributed by atoms with Crippen molar-refractivity contribution in [2.45, 2.75) is 39.2 Å². The first-order valence-electron chi connectivity index (χ1n) is 6.24. The van der Waals surface area contributed by atoms with Crippen molar-refractivity contribution in [1.29, 1.82) is 0 Å². The van der Waals surface area contributed by atoms with E-state index in [-0.39, 0.29) is 17.4 Å². The van der Waals surface area contributed by atoms with E-state index in [2.05, 4.69) is 12.2 Å². The molecule has 1 N–H and O–H groups in total. The summed E-state index contributed by atoms with van der Waals surface area (Å²) in [7, 11) is 0. The predicted molar refractivity (Wildman–Crippen MR) is 65.0 cm³/mol. The number of piperidine rings is 1. The Morgan fingerprint density at radius 3 is 2.71 bits per heavy atom. The summed E-state index contributed by atoms with van der Waals surface area (Å²) in [6.45, 7) is 4.81. The van der Waals surface area contributed by atoms with E-state index < -0.39 is 5.82 Å². The molecule has 17 heavy (non-hydrogen) atoms. The van der Waals surface area contributed by atoms with Crippen molar-refractivity contribution in [2.24, 2.45) is 5.92 Å². The number of benzene rings is 1. The van der Waals surface area contributed by atoms with Crippen LogP contribution >= 0.6 is 0 Å². The van der Waals surface area contributed by atoms with Crippen LogP contribution in [0.1, 0.15) is 30.9 Å². The second-order valence-corrected chi connectivity index (χ2v) is 5.15. The van der Waals surface area contributed by atoms with Gasteiger partial charge in [0.2, 0.25) is 0 Å². The molecular weight excluding hydrogens is 220 g/mol. The zero-order chi connectivity index (χ0) is 12.4. The van der Waals surface area contributed by atoms with Crippen LogP contribution in [0.3, 0.4) is 0 Å². The smallest absolute Gasteiger partial charge is 0.132 e. The Morgan fingerprint density at radius 1 is 1.29 bits per heavy atom. The fourth-order valence-electron chi connectivity index (χ4n) is 2.38. The van der Waals surface area contributed by atoms with E-state index in [0.29, 0.717) is 17.9 Å². The van der Waals surface area contributed by atoms with Crippen molar-refractivity contribution in [2.75, 3.05) is 6.54 Å². The van der Waals surface area contributed by atoms with Gasteiger partial charge in [-0.2, -0.15) is 0 Å². The highest BCUT2D eigenvalue weighted by Gasteiger charge is 2.21. The van der Waals surface area contributed by atoms with Gasteiger partial charge < -0.3 is 5.32 Å². The second kappa shape index (κ2) is 5.13. The number of rotatable bonds is 2. The van der Waals surface area contributed by atoms with Crippen LogP contribution in [0.15, 0.2) is 12.1 Å². The van der Waals surface area contributed by atoms with Gasteiger partial charge in [-0.1, -0.05) is 13.0 Å². The molecule has 0 aromatic heterocycles. The molecule has 94 valence electrons. The summed E-state index contributed by atoms with van der Waals surface area (Å²) < 4.78 is 27.4. The van der Waals surface area contributed by atoms with E-state index in [1.165, 1.54) is 12.1 Å². The monoisotopic (exact) mass is 239 g/mol. The van der Waals surface area contributed by atoms with Crippen LogP contribution in [-0.2, 0) is 6.42 Å². The molecule has 1 aromatic carbocycles. The lowest BCUT2D eigenvalue weighted by molar-refractivity contribution is 0.322. The van der Waals surface area contributed by atoms with E-state index in [1.807, 2.05) is 0 Å². The van der Waals surface area contributed by atoms with E-state index >= 15 is 0 Å². The molecule has 2 rings (SSSR count). The van der Waals surface area contributed by atoms with Crippen LogP contribution in [0, 0.1) is 24.5 Å². The lowest BCUT2D eigenvalue weighted by Gasteiger charge is -2.28. The summed E-state index contributed by atoms with van der Waals surface area (Å²) >= 11 is 0. The average Bonchev–Trinajstić information content (AvgIpc) is 2.32. The van der Waals surface area contributed by atoms with Crippen molar-refractivity contribution in [3.05, 3.63) is 34.9 Å². The zero-order valence-electron chi connectivity index (χ0n) is 10.4. The molecule has 1 aliphatic heterocycles. The zero-order valence-corrected chi connectivity index (χ0v) is 10.4. The Labute approximate surface area is 101 Å². The van der Waals surface area contributed by atoms with Gasteiger partial charge in [-0.05, 0) is 50.3 Å². The molecule has 2 atom stereocenters. The summed E-state index contributed by atoms with van der Waals surface area (Å²) in [5, 5.41) is 3.36. The Balaban J connectivity index is 2.11. The Morgan fingerprint density at radius 2 is 2.06 bits per heavy atom. The predicted octanol–water partition coefficient (Wildman–Crippen LogP) is 3.20. The molecule has 1 nitrogen and oxygen atoms in total. The molecule has 2 unspecified atom stereocenters. The third-order valence-electron chi connectivity index (χ3n) is 3.59. The van der Waals surface area contributed by atoms with Crippen LogP contribution < -0.4 is 5.32 Å². The average molecular weight is 239 g/mol. The molecule has 1 heterocycles. The van der Waals surface area contributed by atoms with Crippen molar-refractivity contribution in [3.63, 3.8) is 0 Å². The number of halogens is 2. The van der Waals surface area contributed by atoms with Gasteiger partial charge >= 0.3 is 0 Å². The normalized spacial score (nSPS) is 24.9. The van der Waals surface area contributed by atoms with Crippen molar-refractivity contribution >= 4 is 0 Å². The van der Waals surface area contributed by atoms with Crippen molar-refractivity contribution < 1.29 is 8.78 Å². The fourth-order valence-corrected chi connectivity index (χ4v) is 2.38. The maximum atomic E-state index is 13.8. The molecule has 0 bridgehead atoms.